The molecule has 0 radical (unpaired) electrons. The van der Waals surface area contributed by atoms with Gasteiger partial charge in [-0.2, -0.15) is 5.26 Å². The number of aliphatic carboxylic acids is 1. The summed E-state index contributed by atoms with van der Waals surface area (Å²) >= 11 is 0. The maximum atomic E-state index is 12.2. The molecule has 0 spiro atoms. The second kappa shape index (κ2) is 7.08. The standard InChI is InChI=1S/C17H20N2O3/c18-11-8-13-4-6-14(7-5-13)15(20)19-12-17(16(21)22)9-2-1-3-10-17/h4-7H,1-3,8-10,12H2,(H,19,20)(H,21,22). The molecule has 1 saturated carbocycles. The highest BCUT2D eigenvalue weighted by molar-refractivity contribution is 5.94. The summed E-state index contributed by atoms with van der Waals surface area (Å²) < 4.78 is 0. The number of nitrogens with one attached hydrogen (secondary N) is 1. The van der Waals surface area contributed by atoms with E-state index in [2.05, 4.69) is 11.4 Å². The summed E-state index contributed by atoms with van der Waals surface area (Å²) in [7, 11) is 0. The Hall–Kier alpha value is -2.35. The monoisotopic (exact) mass is 300 g/mol. The van der Waals surface area contributed by atoms with Gasteiger partial charge in [0.25, 0.3) is 5.91 Å². The third-order valence-corrected chi connectivity index (χ3v) is 4.35. The highest BCUT2D eigenvalue weighted by atomic mass is 16.4. The second-order valence-corrected chi connectivity index (χ2v) is 5.86. The zero-order chi connectivity index (χ0) is 16.0. The van der Waals surface area contributed by atoms with Crippen molar-refractivity contribution in [2.24, 2.45) is 5.41 Å². The van der Waals surface area contributed by atoms with E-state index >= 15 is 0 Å². The lowest BCUT2D eigenvalue weighted by Gasteiger charge is -2.33. The van der Waals surface area contributed by atoms with Crippen LogP contribution in [0.4, 0.5) is 0 Å². The molecule has 2 rings (SSSR count). The van der Waals surface area contributed by atoms with Gasteiger partial charge in [-0.15, -0.1) is 0 Å². The molecule has 1 fully saturated rings. The van der Waals surface area contributed by atoms with Crippen LogP contribution in [0.15, 0.2) is 24.3 Å². The van der Waals surface area contributed by atoms with Crippen LogP contribution in [0.1, 0.15) is 48.0 Å². The van der Waals surface area contributed by atoms with Crippen molar-refractivity contribution in [3.8, 4) is 6.07 Å². The number of hydrogen-bond acceptors (Lipinski definition) is 3. The van der Waals surface area contributed by atoms with Crippen LogP contribution in [-0.4, -0.2) is 23.5 Å². The number of benzene rings is 1. The lowest BCUT2D eigenvalue weighted by molar-refractivity contribution is -0.150. The molecular formula is C17H20N2O3. The van der Waals surface area contributed by atoms with Gasteiger partial charge in [-0.1, -0.05) is 31.4 Å². The summed E-state index contributed by atoms with van der Waals surface area (Å²) in [6.45, 7) is 0.168. The molecule has 1 aliphatic carbocycles. The minimum absolute atomic E-state index is 0.168. The molecule has 0 unspecified atom stereocenters. The maximum absolute atomic E-state index is 12.2. The van der Waals surface area contributed by atoms with E-state index in [-0.39, 0.29) is 12.5 Å². The summed E-state index contributed by atoms with van der Waals surface area (Å²) in [6, 6.07) is 8.86. The topological polar surface area (TPSA) is 90.2 Å². The Bertz CT molecular complexity index is 581. The zero-order valence-electron chi connectivity index (χ0n) is 12.5. The molecule has 22 heavy (non-hydrogen) atoms. The Kier molecular flexibility index (Phi) is 5.16. The number of nitrogens with zero attached hydrogens (tertiary/aromatic N) is 1. The van der Waals surface area contributed by atoms with Crippen LogP contribution in [0.25, 0.3) is 0 Å². The predicted octanol–water partition coefficient (Wildman–Crippen LogP) is 2.52. The van der Waals surface area contributed by atoms with Gasteiger partial charge in [0.2, 0.25) is 0 Å². The summed E-state index contributed by atoms with van der Waals surface area (Å²) in [4.78, 5) is 23.7. The Morgan fingerprint density at radius 1 is 1.18 bits per heavy atom. The Morgan fingerprint density at radius 3 is 2.36 bits per heavy atom. The fourth-order valence-corrected chi connectivity index (χ4v) is 2.91. The third-order valence-electron chi connectivity index (χ3n) is 4.35. The molecule has 0 atom stereocenters. The van der Waals surface area contributed by atoms with Crippen molar-refractivity contribution in [3.05, 3.63) is 35.4 Å². The first-order valence-corrected chi connectivity index (χ1v) is 7.55. The third kappa shape index (κ3) is 3.64. The van der Waals surface area contributed by atoms with Crippen molar-refractivity contribution in [2.75, 3.05) is 6.54 Å². The van der Waals surface area contributed by atoms with Crippen molar-refractivity contribution in [1.82, 2.24) is 5.32 Å². The van der Waals surface area contributed by atoms with Crippen LogP contribution < -0.4 is 5.32 Å². The van der Waals surface area contributed by atoms with Crippen LogP contribution in [0, 0.1) is 16.7 Å². The molecular weight excluding hydrogens is 280 g/mol. The Balaban J connectivity index is 1.99. The van der Waals surface area contributed by atoms with Gasteiger partial charge in [0.05, 0.1) is 17.9 Å². The number of rotatable bonds is 5. The van der Waals surface area contributed by atoms with Gasteiger partial charge < -0.3 is 10.4 Å². The maximum Gasteiger partial charge on any atom is 0.311 e. The van der Waals surface area contributed by atoms with E-state index in [9.17, 15) is 14.7 Å². The van der Waals surface area contributed by atoms with Gasteiger partial charge >= 0.3 is 5.97 Å². The zero-order valence-corrected chi connectivity index (χ0v) is 12.5. The molecule has 5 heteroatoms. The first-order valence-electron chi connectivity index (χ1n) is 7.55. The predicted molar refractivity (Wildman–Crippen MR) is 81.2 cm³/mol. The molecule has 2 N–H and O–H groups in total. The summed E-state index contributed by atoms with van der Waals surface area (Å²) in [6.07, 6.45) is 4.39. The number of carboxylic acids is 1. The average Bonchev–Trinajstić information content (AvgIpc) is 2.54. The van der Waals surface area contributed by atoms with Gasteiger partial charge in [0.1, 0.15) is 0 Å². The number of amides is 1. The largest absolute Gasteiger partial charge is 0.481 e. The quantitative estimate of drug-likeness (QED) is 0.874. The number of carboxylic acid groups (broad SMARTS) is 1. The van der Waals surface area contributed by atoms with Gasteiger partial charge in [-0.3, -0.25) is 9.59 Å². The molecule has 116 valence electrons. The van der Waals surface area contributed by atoms with Crippen LogP contribution in [-0.2, 0) is 11.2 Å². The molecule has 1 amide bonds. The smallest absolute Gasteiger partial charge is 0.311 e. The molecule has 0 bridgehead atoms. The van der Waals surface area contributed by atoms with Crippen LogP contribution in [0.5, 0.6) is 0 Å². The van der Waals surface area contributed by atoms with E-state index in [4.69, 9.17) is 5.26 Å². The van der Waals surface area contributed by atoms with Crippen molar-refractivity contribution in [3.63, 3.8) is 0 Å². The molecule has 1 aromatic carbocycles. The average molecular weight is 300 g/mol. The highest BCUT2D eigenvalue weighted by Crippen LogP contribution is 2.36. The minimum Gasteiger partial charge on any atom is -0.481 e. The van der Waals surface area contributed by atoms with Crippen LogP contribution in [0.2, 0.25) is 0 Å². The van der Waals surface area contributed by atoms with Gasteiger partial charge in [0.15, 0.2) is 0 Å². The lowest BCUT2D eigenvalue weighted by atomic mass is 9.74. The molecule has 0 heterocycles. The Labute approximate surface area is 129 Å². The molecule has 0 saturated heterocycles. The number of carbonyl (C=O) groups excluding carboxylic acids is 1. The second-order valence-electron chi connectivity index (χ2n) is 5.86. The summed E-state index contributed by atoms with van der Waals surface area (Å²) in [5, 5.41) is 20.9. The highest BCUT2D eigenvalue weighted by Gasteiger charge is 2.39. The fourth-order valence-electron chi connectivity index (χ4n) is 2.91. The number of hydrogen-bond donors (Lipinski definition) is 2. The van der Waals surface area contributed by atoms with E-state index < -0.39 is 11.4 Å². The van der Waals surface area contributed by atoms with Gasteiger partial charge in [0, 0.05) is 12.1 Å². The first kappa shape index (κ1) is 16.0. The van der Waals surface area contributed by atoms with Gasteiger partial charge in [-0.05, 0) is 30.5 Å². The fraction of sp³-hybridized carbons (Fsp3) is 0.471. The lowest BCUT2D eigenvalue weighted by Crippen LogP contribution is -2.44. The van der Waals surface area contributed by atoms with Crippen molar-refractivity contribution in [2.45, 2.75) is 38.5 Å². The summed E-state index contributed by atoms with van der Waals surface area (Å²) in [5.41, 5.74) is 0.514. The molecule has 1 aliphatic rings. The van der Waals surface area contributed by atoms with Crippen molar-refractivity contribution in [1.29, 1.82) is 5.26 Å². The Morgan fingerprint density at radius 2 is 1.82 bits per heavy atom. The van der Waals surface area contributed by atoms with Crippen molar-refractivity contribution < 1.29 is 14.7 Å². The molecule has 5 nitrogen and oxygen atoms in total. The normalized spacial score (nSPS) is 16.5. The molecule has 1 aromatic rings. The first-order chi connectivity index (χ1) is 10.6. The van der Waals surface area contributed by atoms with E-state index in [1.54, 1.807) is 24.3 Å². The van der Waals surface area contributed by atoms with E-state index in [0.717, 1.165) is 24.8 Å². The SMILES string of the molecule is N#CCc1ccc(C(=O)NCC2(C(=O)O)CCCCC2)cc1. The van der Waals surface area contributed by atoms with Crippen LogP contribution >= 0.6 is 0 Å². The summed E-state index contributed by atoms with van der Waals surface area (Å²) in [5.74, 6) is -1.09. The van der Waals surface area contributed by atoms with Crippen molar-refractivity contribution >= 4 is 11.9 Å². The number of carbonyl (C=O) groups is 2. The number of nitriles is 1. The van der Waals surface area contributed by atoms with E-state index in [1.807, 2.05) is 0 Å². The van der Waals surface area contributed by atoms with Crippen LogP contribution in [0.3, 0.4) is 0 Å². The molecule has 0 aliphatic heterocycles. The molecule has 0 aromatic heterocycles. The van der Waals surface area contributed by atoms with Gasteiger partial charge in [-0.25, -0.2) is 0 Å². The van der Waals surface area contributed by atoms with E-state index in [0.29, 0.717) is 24.8 Å². The van der Waals surface area contributed by atoms with E-state index in [1.165, 1.54) is 0 Å². The minimum atomic E-state index is -0.825.